The maximum absolute atomic E-state index is 14.8. The second kappa shape index (κ2) is 15.5. The lowest BCUT2D eigenvalue weighted by Gasteiger charge is -2.35. The molecule has 3 amide bonds. The van der Waals surface area contributed by atoms with Gasteiger partial charge in [-0.1, -0.05) is 52.3 Å². The quantitative estimate of drug-likeness (QED) is 0.116. The molecule has 4 aromatic rings. The first kappa shape index (κ1) is 41.5. The van der Waals surface area contributed by atoms with E-state index in [0.29, 0.717) is 45.9 Å². The van der Waals surface area contributed by atoms with Crippen molar-refractivity contribution in [2.75, 3.05) is 19.0 Å². The number of carbonyl (C=O) groups is 3. The molecule has 1 aromatic carbocycles. The van der Waals surface area contributed by atoms with Crippen molar-refractivity contribution in [3.63, 3.8) is 0 Å². The van der Waals surface area contributed by atoms with Crippen LogP contribution in [0, 0.1) is 18.3 Å². The number of thiazole rings is 1. The summed E-state index contributed by atoms with van der Waals surface area (Å²) in [6.07, 6.45) is 3.36. The Bertz CT molecular complexity index is 2390. The van der Waals surface area contributed by atoms with Crippen LogP contribution in [0.25, 0.3) is 21.6 Å². The lowest BCUT2D eigenvalue weighted by atomic mass is 9.85. The summed E-state index contributed by atoms with van der Waals surface area (Å²) < 4.78 is 45.8. The molecule has 4 heterocycles. The standard InChI is InChI=1S/C41H49ClN6O8S2/c1-9-23-18-41(23,39(51)47-58(52,53)25-10-11-25)46-35(49)30-16-24(19-48(30)38(50)34(40(5,6)7)45-36-27(42)14-15-55-36)56-32-17-28(37-44-29(20-57-37)21(2)3)43-33-22(4)31(54-8)13-12-26(32)33/h9,12-15,17,20-21,23-25,30,34,45H,1,10-11,16,18-19H2,2-8H3,(H,46,49)(H,47,51)/t23-,24-,30+,34-,41-/m1/s1. The van der Waals surface area contributed by atoms with Crippen molar-refractivity contribution in [1.29, 1.82) is 0 Å². The van der Waals surface area contributed by atoms with Crippen LogP contribution in [0.2, 0.25) is 5.02 Å². The minimum atomic E-state index is -3.91. The summed E-state index contributed by atoms with van der Waals surface area (Å²) in [5.41, 5.74) is 0.741. The zero-order valence-corrected chi connectivity index (χ0v) is 35.9. The topological polar surface area (TPSA) is 182 Å². The predicted octanol–water partition coefficient (Wildman–Crippen LogP) is 6.59. The van der Waals surface area contributed by atoms with E-state index in [1.54, 1.807) is 13.2 Å². The molecule has 17 heteroatoms. The van der Waals surface area contributed by atoms with Crippen LogP contribution < -0.4 is 24.8 Å². The summed E-state index contributed by atoms with van der Waals surface area (Å²) in [7, 11) is -2.31. The number of likely N-dealkylation sites (tertiary alicyclic amines) is 1. The number of nitrogens with one attached hydrogen (secondary N) is 3. The minimum Gasteiger partial charge on any atom is -0.496 e. The molecular formula is C41H49ClN6O8S2. The van der Waals surface area contributed by atoms with Crippen LogP contribution in [0.5, 0.6) is 11.5 Å². The normalized spacial score (nSPS) is 22.4. The van der Waals surface area contributed by atoms with Crippen molar-refractivity contribution >= 4 is 67.5 Å². The van der Waals surface area contributed by atoms with Crippen molar-refractivity contribution in [3.8, 4) is 22.2 Å². The Hall–Kier alpha value is -4.67. The van der Waals surface area contributed by atoms with Gasteiger partial charge in [0, 0.05) is 34.7 Å². The van der Waals surface area contributed by atoms with Crippen molar-refractivity contribution in [2.24, 2.45) is 11.3 Å². The zero-order chi connectivity index (χ0) is 41.9. The number of pyridine rings is 1. The van der Waals surface area contributed by atoms with Crippen molar-refractivity contribution in [3.05, 3.63) is 64.8 Å². The van der Waals surface area contributed by atoms with Gasteiger partial charge >= 0.3 is 0 Å². The smallest absolute Gasteiger partial charge is 0.259 e. The molecule has 3 fully saturated rings. The second-order valence-corrected chi connectivity index (χ2v) is 20.0. The van der Waals surface area contributed by atoms with E-state index in [1.807, 2.05) is 51.3 Å². The van der Waals surface area contributed by atoms with E-state index in [9.17, 15) is 22.8 Å². The number of aryl methyl sites for hydroxylation is 1. The van der Waals surface area contributed by atoms with E-state index < -0.39 is 68.1 Å². The molecule has 1 saturated heterocycles. The predicted molar refractivity (Wildman–Crippen MR) is 223 cm³/mol. The number of amides is 3. The number of rotatable bonds is 14. The van der Waals surface area contributed by atoms with Gasteiger partial charge in [0.2, 0.25) is 27.7 Å². The zero-order valence-electron chi connectivity index (χ0n) is 33.6. The van der Waals surface area contributed by atoms with Crippen LogP contribution >= 0.6 is 22.9 Å². The van der Waals surface area contributed by atoms with Crippen LogP contribution in [-0.4, -0.2) is 83.6 Å². The molecule has 7 rings (SSSR count). The average Bonchev–Trinajstić information content (AvgIpc) is 3.98. The van der Waals surface area contributed by atoms with E-state index >= 15 is 0 Å². The van der Waals surface area contributed by atoms with Gasteiger partial charge < -0.3 is 29.4 Å². The number of nitrogens with zero attached hydrogens (tertiary/aromatic N) is 3. The Kier molecular flexibility index (Phi) is 11.1. The molecule has 3 N–H and O–H groups in total. The lowest BCUT2D eigenvalue weighted by molar-refractivity contribution is -0.141. The molecule has 0 bridgehead atoms. The number of anilines is 1. The number of aromatic nitrogens is 2. The fourth-order valence-corrected chi connectivity index (χ4v) is 9.85. The molecule has 0 unspecified atom stereocenters. The number of ether oxygens (including phenoxy) is 2. The Morgan fingerprint density at radius 3 is 2.48 bits per heavy atom. The van der Waals surface area contributed by atoms with Gasteiger partial charge in [-0.05, 0) is 55.7 Å². The maximum Gasteiger partial charge on any atom is 0.259 e. The van der Waals surface area contributed by atoms with Crippen LogP contribution in [0.1, 0.15) is 77.5 Å². The first-order chi connectivity index (χ1) is 27.4. The minimum absolute atomic E-state index is 0.000243. The SMILES string of the molecule is C=C[C@@H]1C[C@]1(NC(=O)[C@@H]1C[C@@H](Oc2cc(-c3nc(C(C)C)cs3)nc3c(C)c(OC)ccc23)CN1C(=O)[C@@H](Nc1occc1Cl)C(C)(C)C)C(=O)NS(=O)(=O)C1CC1. The van der Waals surface area contributed by atoms with Crippen molar-refractivity contribution in [2.45, 2.75) is 102 Å². The Labute approximate surface area is 347 Å². The van der Waals surface area contributed by atoms with Gasteiger partial charge in [-0.25, -0.2) is 18.4 Å². The number of methoxy groups -OCH3 is 1. The molecule has 1 aliphatic heterocycles. The van der Waals surface area contributed by atoms with Gasteiger partial charge in [0.05, 0.1) is 36.4 Å². The van der Waals surface area contributed by atoms with E-state index in [0.717, 1.165) is 11.3 Å². The number of sulfonamides is 1. The number of carbonyl (C=O) groups excluding carboxylic acids is 3. The third-order valence-electron chi connectivity index (χ3n) is 11.1. The highest BCUT2D eigenvalue weighted by Gasteiger charge is 2.62. The molecular weight excluding hydrogens is 804 g/mol. The molecule has 3 aliphatic rings. The van der Waals surface area contributed by atoms with Crippen LogP contribution in [0.4, 0.5) is 5.88 Å². The summed E-state index contributed by atoms with van der Waals surface area (Å²) in [6, 6.07) is 5.05. The molecule has 0 radical (unpaired) electrons. The summed E-state index contributed by atoms with van der Waals surface area (Å²) >= 11 is 7.86. The third-order valence-corrected chi connectivity index (χ3v) is 14.1. The fourth-order valence-electron chi connectivity index (χ4n) is 7.39. The van der Waals surface area contributed by atoms with Gasteiger partial charge in [0.1, 0.15) is 50.9 Å². The highest BCUT2D eigenvalue weighted by Crippen LogP contribution is 2.46. The first-order valence-corrected chi connectivity index (χ1v) is 22.1. The van der Waals surface area contributed by atoms with Crippen LogP contribution in [-0.2, 0) is 24.4 Å². The lowest BCUT2D eigenvalue weighted by Crippen LogP contribution is -2.58. The summed E-state index contributed by atoms with van der Waals surface area (Å²) in [6.45, 7) is 15.5. The average molecular weight is 853 g/mol. The van der Waals surface area contributed by atoms with Crippen molar-refractivity contribution < 1.29 is 36.7 Å². The Morgan fingerprint density at radius 2 is 1.90 bits per heavy atom. The number of fused-ring (bicyclic) bond motifs is 1. The molecule has 5 atom stereocenters. The molecule has 0 spiro atoms. The molecule has 14 nitrogen and oxygen atoms in total. The third kappa shape index (κ3) is 8.02. The summed E-state index contributed by atoms with van der Waals surface area (Å²) in [4.78, 5) is 54.3. The first-order valence-electron chi connectivity index (χ1n) is 19.3. The van der Waals surface area contributed by atoms with E-state index in [4.69, 9.17) is 35.5 Å². The van der Waals surface area contributed by atoms with E-state index in [1.165, 1.54) is 28.6 Å². The van der Waals surface area contributed by atoms with Crippen LogP contribution in [0.3, 0.4) is 0 Å². The largest absolute Gasteiger partial charge is 0.496 e. The molecule has 2 aliphatic carbocycles. The summed E-state index contributed by atoms with van der Waals surface area (Å²) in [5.74, 6) is -0.852. The van der Waals surface area contributed by atoms with E-state index in [2.05, 4.69) is 35.8 Å². The number of hydrogen-bond donors (Lipinski definition) is 3. The molecule has 3 aromatic heterocycles. The fraction of sp³-hybridized carbons (Fsp3) is 0.488. The Morgan fingerprint density at radius 1 is 1.16 bits per heavy atom. The van der Waals surface area contributed by atoms with Crippen LogP contribution in [0.15, 0.2) is 53.0 Å². The Balaban J connectivity index is 1.25. The molecule has 58 heavy (non-hydrogen) atoms. The number of hydrogen-bond acceptors (Lipinski definition) is 12. The number of halogens is 1. The van der Waals surface area contributed by atoms with Crippen molar-refractivity contribution in [1.82, 2.24) is 24.9 Å². The van der Waals surface area contributed by atoms with Gasteiger partial charge in [0.25, 0.3) is 5.91 Å². The highest BCUT2D eigenvalue weighted by molar-refractivity contribution is 7.91. The van der Waals surface area contributed by atoms with Gasteiger partial charge in [0.15, 0.2) is 0 Å². The molecule has 2 saturated carbocycles. The van der Waals surface area contributed by atoms with Gasteiger partial charge in [-0.2, -0.15) is 0 Å². The van der Waals surface area contributed by atoms with E-state index in [-0.39, 0.29) is 36.2 Å². The number of benzene rings is 1. The second-order valence-electron chi connectivity index (χ2n) is 16.7. The number of furan rings is 1. The maximum atomic E-state index is 14.8. The van der Waals surface area contributed by atoms with Gasteiger partial charge in [-0.15, -0.1) is 17.9 Å². The summed E-state index contributed by atoms with van der Waals surface area (Å²) in [5, 5.41) is 9.07. The monoisotopic (exact) mass is 852 g/mol. The highest BCUT2D eigenvalue weighted by atomic mass is 35.5. The molecule has 310 valence electrons. The van der Waals surface area contributed by atoms with Gasteiger partial charge in [-0.3, -0.25) is 19.1 Å².